The van der Waals surface area contributed by atoms with Crippen molar-refractivity contribution in [3.8, 4) is 0 Å². The van der Waals surface area contributed by atoms with Crippen molar-refractivity contribution < 1.29 is 34.1 Å². The summed E-state index contributed by atoms with van der Waals surface area (Å²) in [5.74, 6) is 2.16. The molecule has 0 fully saturated rings. The molecule has 0 atom stereocenters. The molecule has 0 saturated heterocycles. The van der Waals surface area contributed by atoms with E-state index in [1.807, 2.05) is 0 Å². The van der Waals surface area contributed by atoms with Gasteiger partial charge in [-0.25, -0.2) is 9.59 Å². The Morgan fingerprint density at radius 1 is 0.688 bits per heavy atom. The standard InChI is InChI=1S/C12H18O4S2.C4H5ClO.C4H10O2S2/c1-9(2)11(13)15-5-7-17-18-8-6-16-12(14)10(3)4;1-3(2)4(5)6;5-1-3-7-8-4-2-6/h1,3,5-8H2,2,4H3;1H2,2H3;5-6H,1-4H2. The summed E-state index contributed by atoms with van der Waals surface area (Å²) in [6.45, 7) is 16.2. The average Bonchev–Trinajstić information content (AvgIpc) is 2.73. The number of aliphatic hydroxyl groups excluding tert-OH is 2. The highest BCUT2D eigenvalue weighted by molar-refractivity contribution is 8.77. The first-order valence-corrected chi connectivity index (χ1v) is 14.6. The number of carbonyl (C=O) groups excluding carboxylic acids is 3. The highest BCUT2D eigenvalue weighted by Gasteiger charge is 2.03. The summed E-state index contributed by atoms with van der Waals surface area (Å²) in [6.07, 6.45) is 0. The van der Waals surface area contributed by atoms with Crippen molar-refractivity contribution in [2.24, 2.45) is 0 Å². The Balaban J connectivity index is -0.000000492. The van der Waals surface area contributed by atoms with Gasteiger partial charge in [0, 0.05) is 39.7 Å². The molecule has 32 heavy (non-hydrogen) atoms. The third kappa shape index (κ3) is 31.6. The number of allylic oxidation sites excluding steroid dienone is 1. The van der Waals surface area contributed by atoms with Crippen molar-refractivity contribution in [3.05, 3.63) is 36.5 Å². The smallest absolute Gasteiger partial charge is 0.333 e. The molecule has 0 aliphatic carbocycles. The molecule has 7 nitrogen and oxygen atoms in total. The van der Waals surface area contributed by atoms with Gasteiger partial charge in [-0.3, -0.25) is 4.79 Å². The predicted molar refractivity (Wildman–Crippen MR) is 141 cm³/mol. The van der Waals surface area contributed by atoms with Gasteiger partial charge >= 0.3 is 11.9 Å². The number of carbonyl (C=O) groups is 3. The Kier molecular flexibility index (Phi) is 30.0. The number of esters is 2. The fraction of sp³-hybridized carbons (Fsp3) is 0.550. The molecule has 0 radical (unpaired) electrons. The normalized spacial score (nSPS) is 9.31. The van der Waals surface area contributed by atoms with Crippen LogP contribution >= 0.6 is 54.8 Å². The summed E-state index contributed by atoms with van der Waals surface area (Å²) in [7, 11) is 6.30. The molecule has 0 amide bonds. The van der Waals surface area contributed by atoms with Gasteiger partial charge in [0.2, 0.25) is 5.24 Å². The lowest BCUT2D eigenvalue weighted by molar-refractivity contribution is -0.139. The van der Waals surface area contributed by atoms with E-state index in [4.69, 9.17) is 31.3 Å². The SMILES string of the molecule is C=C(C)C(=O)Cl.C=C(C)C(=O)OCCSSCCOC(=O)C(=C)C.OCCSSCCO. The largest absolute Gasteiger partial charge is 0.461 e. The number of halogens is 1. The summed E-state index contributed by atoms with van der Waals surface area (Å²) in [5.41, 5.74) is 1.19. The lowest BCUT2D eigenvalue weighted by Gasteiger charge is -2.05. The summed E-state index contributed by atoms with van der Waals surface area (Å²) < 4.78 is 9.82. The van der Waals surface area contributed by atoms with E-state index < -0.39 is 5.24 Å². The zero-order valence-corrected chi connectivity index (χ0v) is 22.7. The van der Waals surface area contributed by atoms with Crippen molar-refractivity contribution in [2.45, 2.75) is 20.8 Å². The quantitative estimate of drug-likeness (QED) is 0.100. The number of ether oxygens (including phenoxy) is 2. The van der Waals surface area contributed by atoms with Gasteiger partial charge in [-0.05, 0) is 32.4 Å². The monoisotopic (exact) mass is 548 g/mol. The van der Waals surface area contributed by atoms with E-state index in [0.717, 1.165) is 11.5 Å². The second-order valence-corrected chi connectivity index (χ2v) is 11.4. The van der Waals surface area contributed by atoms with Crippen LogP contribution in [0, 0.1) is 0 Å². The summed E-state index contributed by atoms with van der Waals surface area (Å²) in [5, 5.41) is 16.1. The summed E-state index contributed by atoms with van der Waals surface area (Å²) in [6, 6.07) is 0. The van der Waals surface area contributed by atoms with Crippen LogP contribution in [-0.4, -0.2) is 76.8 Å². The van der Waals surface area contributed by atoms with Gasteiger partial charge in [0.15, 0.2) is 0 Å². The van der Waals surface area contributed by atoms with Crippen LogP contribution in [0.3, 0.4) is 0 Å². The molecule has 2 N–H and O–H groups in total. The molecule has 0 aromatic rings. The first kappa shape index (κ1) is 36.0. The zero-order chi connectivity index (χ0) is 25.4. The Hall–Kier alpha value is -0.560. The van der Waals surface area contributed by atoms with Crippen LogP contribution in [0.15, 0.2) is 36.5 Å². The lowest BCUT2D eigenvalue weighted by atomic mass is 10.4. The molecule has 0 unspecified atom stereocenters. The highest BCUT2D eigenvalue weighted by Crippen LogP contribution is 2.20. The molecule has 0 aliphatic heterocycles. The fourth-order valence-corrected chi connectivity index (χ4v) is 4.09. The Morgan fingerprint density at radius 3 is 1.19 bits per heavy atom. The Bertz CT molecular complexity index is 536. The van der Waals surface area contributed by atoms with Crippen molar-refractivity contribution >= 4 is 72.0 Å². The fourth-order valence-electron chi connectivity index (χ4n) is 0.893. The zero-order valence-electron chi connectivity index (χ0n) is 18.7. The van der Waals surface area contributed by atoms with Crippen LogP contribution < -0.4 is 0 Å². The molecular weight excluding hydrogens is 516 g/mol. The molecular formula is C20H33ClO7S4. The lowest BCUT2D eigenvalue weighted by Crippen LogP contribution is -2.08. The van der Waals surface area contributed by atoms with E-state index in [1.54, 1.807) is 63.9 Å². The molecule has 0 bridgehead atoms. The first-order chi connectivity index (χ1) is 15.0. The van der Waals surface area contributed by atoms with Gasteiger partial charge in [0.1, 0.15) is 13.2 Å². The van der Waals surface area contributed by atoms with E-state index >= 15 is 0 Å². The van der Waals surface area contributed by atoms with Gasteiger partial charge in [-0.2, -0.15) is 0 Å². The number of aliphatic hydroxyl groups is 2. The van der Waals surface area contributed by atoms with E-state index in [-0.39, 0.29) is 25.2 Å². The second-order valence-electron chi connectivity index (χ2n) is 5.62. The molecule has 12 heteroatoms. The maximum atomic E-state index is 11.0. The number of hydrogen-bond donors (Lipinski definition) is 2. The molecule has 0 aliphatic rings. The Labute approximate surface area is 212 Å². The van der Waals surface area contributed by atoms with Crippen molar-refractivity contribution in [2.75, 3.05) is 49.4 Å². The molecule has 0 aromatic carbocycles. The maximum Gasteiger partial charge on any atom is 0.333 e. The highest BCUT2D eigenvalue weighted by atomic mass is 35.5. The van der Waals surface area contributed by atoms with Crippen LogP contribution in [0.1, 0.15) is 20.8 Å². The molecule has 0 rings (SSSR count). The predicted octanol–water partition coefficient (Wildman–Crippen LogP) is 4.29. The van der Waals surface area contributed by atoms with Gasteiger partial charge in [-0.15, -0.1) is 0 Å². The summed E-state index contributed by atoms with van der Waals surface area (Å²) >= 11 is 4.87. The van der Waals surface area contributed by atoms with Gasteiger partial charge in [0.25, 0.3) is 0 Å². The van der Waals surface area contributed by atoms with Crippen LogP contribution in [-0.2, 0) is 23.9 Å². The maximum absolute atomic E-state index is 11.0. The van der Waals surface area contributed by atoms with Crippen LogP contribution in [0.4, 0.5) is 0 Å². The van der Waals surface area contributed by atoms with Crippen molar-refractivity contribution in [1.82, 2.24) is 0 Å². The first-order valence-electron chi connectivity index (χ1n) is 9.22. The molecule has 0 heterocycles. The topological polar surface area (TPSA) is 110 Å². The number of rotatable bonds is 15. The van der Waals surface area contributed by atoms with E-state index in [9.17, 15) is 14.4 Å². The minimum Gasteiger partial charge on any atom is -0.461 e. The molecule has 0 spiro atoms. The molecule has 0 aromatic heterocycles. The van der Waals surface area contributed by atoms with E-state index in [2.05, 4.69) is 19.7 Å². The van der Waals surface area contributed by atoms with Crippen LogP contribution in [0.2, 0.25) is 0 Å². The van der Waals surface area contributed by atoms with E-state index in [1.165, 1.54) is 0 Å². The molecule has 0 saturated carbocycles. The Morgan fingerprint density at radius 2 is 0.969 bits per heavy atom. The van der Waals surface area contributed by atoms with Gasteiger partial charge in [0.05, 0.1) is 13.2 Å². The van der Waals surface area contributed by atoms with Crippen molar-refractivity contribution in [3.63, 3.8) is 0 Å². The van der Waals surface area contributed by atoms with E-state index in [0.29, 0.717) is 41.4 Å². The third-order valence-corrected chi connectivity index (χ3v) is 7.37. The van der Waals surface area contributed by atoms with Crippen molar-refractivity contribution in [1.29, 1.82) is 0 Å². The number of hydrogen-bond acceptors (Lipinski definition) is 11. The van der Waals surface area contributed by atoms with Crippen LogP contribution in [0.25, 0.3) is 0 Å². The average molecular weight is 549 g/mol. The van der Waals surface area contributed by atoms with Crippen LogP contribution in [0.5, 0.6) is 0 Å². The second kappa shape index (κ2) is 26.7. The molecule has 186 valence electrons. The third-order valence-electron chi connectivity index (χ3n) is 2.35. The van der Waals surface area contributed by atoms with Gasteiger partial charge in [-0.1, -0.05) is 62.9 Å². The minimum atomic E-state index is -0.463. The van der Waals surface area contributed by atoms with Gasteiger partial charge < -0.3 is 19.7 Å². The summed E-state index contributed by atoms with van der Waals surface area (Å²) in [4.78, 5) is 31.8. The minimum absolute atomic E-state index is 0.225.